The molecule has 0 radical (unpaired) electrons. The van der Waals surface area contributed by atoms with Crippen molar-refractivity contribution < 1.29 is 13.2 Å². The standard InChI is InChI=1S/C29H26F3N/c1-33(20-19-22-7-11-25(12-8-22)24-5-3-2-4-6-24)21-23-9-13-26(14-10-23)27-15-17-28(18-16-27)29(30,31)32/h2-18H,19-21H2,1H3. The Hall–Kier alpha value is -3.37. The predicted molar refractivity (Wildman–Crippen MR) is 129 cm³/mol. The molecule has 0 saturated heterocycles. The van der Waals surface area contributed by atoms with Gasteiger partial charge in [0.1, 0.15) is 0 Å². The molecule has 0 spiro atoms. The number of alkyl halides is 3. The molecule has 0 atom stereocenters. The van der Waals surface area contributed by atoms with Gasteiger partial charge in [-0.2, -0.15) is 13.2 Å². The van der Waals surface area contributed by atoms with Gasteiger partial charge in [0.15, 0.2) is 0 Å². The Morgan fingerprint density at radius 3 is 1.55 bits per heavy atom. The highest BCUT2D eigenvalue weighted by molar-refractivity contribution is 5.64. The van der Waals surface area contributed by atoms with Crippen LogP contribution in [0.25, 0.3) is 22.3 Å². The molecule has 168 valence electrons. The first kappa shape index (κ1) is 22.8. The smallest absolute Gasteiger partial charge is 0.302 e. The Kier molecular flexibility index (Phi) is 6.95. The molecule has 0 heterocycles. The highest BCUT2D eigenvalue weighted by Gasteiger charge is 2.29. The highest BCUT2D eigenvalue weighted by Crippen LogP contribution is 2.31. The molecule has 0 aliphatic rings. The van der Waals surface area contributed by atoms with Crippen molar-refractivity contribution in [1.29, 1.82) is 0 Å². The van der Waals surface area contributed by atoms with Crippen molar-refractivity contribution in [3.05, 3.63) is 120 Å². The minimum Gasteiger partial charge on any atom is -0.302 e. The topological polar surface area (TPSA) is 3.24 Å². The first-order chi connectivity index (χ1) is 15.9. The molecule has 0 fully saturated rings. The summed E-state index contributed by atoms with van der Waals surface area (Å²) in [6.07, 6.45) is -3.34. The van der Waals surface area contributed by atoms with Crippen LogP contribution in [-0.4, -0.2) is 18.5 Å². The third kappa shape index (κ3) is 6.11. The fourth-order valence-electron chi connectivity index (χ4n) is 3.86. The van der Waals surface area contributed by atoms with Crippen LogP contribution in [0.4, 0.5) is 13.2 Å². The lowest BCUT2D eigenvalue weighted by atomic mass is 10.0. The van der Waals surface area contributed by atoms with Gasteiger partial charge in [-0.25, -0.2) is 0 Å². The first-order valence-corrected chi connectivity index (χ1v) is 11.0. The summed E-state index contributed by atoms with van der Waals surface area (Å²) in [6.45, 7) is 1.75. The van der Waals surface area contributed by atoms with Crippen molar-refractivity contribution in [3.63, 3.8) is 0 Å². The van der Waals surface area contributed by atoms with E-state index in [1.807, 2.05) is 42.5 Å². The van der Waals surface area contributed by atoms with E-state index in [9.17, 15) is 13.2 Å². The van der Waals surface area contributed by atoms with E-state index < -0.39 is 11.7 Å². The molecule has 0 unspecified atom stereocenters. The molecule has 0 amide bonds. The molecule has 0 bridgehead atoms. The van der Waals surface area contributed by atoms with Gasteiger partial charge in [0.25, 0.3) is 0 Å². The van der Waals surface area contributed by atoms with Crippen molar-refractivity contribution in [2.75, 3.05) is 13.6 Å². The number of rotatable bonds is 7. The molecule has 1 nitrogen and oxygen atoms in total. The zero-order chi connectivity index (χ0) is 23.3. The lowest BCUT2D eigenvalue weighted by Gasteiger charge is -2.17. The van der Waals surface area contributed by atoms with Crippen LogP contribution in [-0.2, 0) is 19.1 Å². The van der Waals surface area contributed by atoms with E-state index in [1.54, 1.807) is 0 Å². The van der Waals surface area contributed by atoms with E-state index in [-0.39, 0.29) is 0 Å². The van der Waals surface area contributed by atoms with Crippen LogP contribution in [0.2, 0.25) is 0 Å². The Bertz CT molecular complexity index is 1150. The van der Waals surface area contributed by atoms with Crippen molar-refractivity contribution in [2.45, 2.75) is 19.1 Å². The van der Waals surface area contributed by atoms with Crippen LogP contribution < -0.4 is 0 Å². The number of hydrogen-bond donors (Lipinski definition) is 0. The maximum absolute atomic E-state index is 12.8. The molecule has 0 aliphatic heterocycles. The van der Waals surface area contributed by atoms with Crippen LogP contribution in [0.15, 0.2) is 103 Å². The third-order valence-corrected chi connectivity index (χ3v) is 5.80. The van der Waals surface area contributed by atoms with Crippen molar-refractivity contribution in [3.8, 4) is 22.3 Å². The summed E-state index contributed by atoms with van der Waals surface area (Å²) >= 11 is 0. The molecule has 4 aromatic carbocycles. The second-order valence-electron chi connectivity index (χ2n) is 8.32. The van der Waals surface area contributed by atoms with E-state index in [0.717, 1.165) is 42.8 Å². The lowest BCUT2D eigenvalue weighted by Crippen LogP contribution is -2.20. The maximum atomic E-state index is 12.8. The van der Waals surface area contributed by atoms with Crippen LogP contribution in [0.1, 0.15) is 16.7 Å². The summed E-state index contributed by atoms with van der Waals surface area (Å²) in [6, 6.07) is 32.4. The third-order valence-electron chi connectivity index (χ3n) is 5.80. The van der Waals surface area contributed by atoms with Crippen LogP contribution >= 0.6 is 0 Å². The Labute approximate surface area is 193 Å². The fourth-order valence-corrected chi connectivity index (χ4v) is 3.86. The van der Waals surface area contributed by atoms with E-state index in [4.69, 9.17) is 0 Å². The summed E-state index contributed by atoms with van der Waals surface area (Å²) in [5.41, 5.74) is 5.99. The molecule has 33 heavy (non-hydrogen) atoms. The van der Waals surface area contributed by atoms with E-state index in [0.29, 0.717) is 0 Å². The van der Waals surface area contributed by atoms with Gasteiger partial charge in [-0.1, -0.05) is 91.0 Å². The monoisotopic (exact) mass is 445 g/mol. The van der Waals surface area contributed by atoms with Crippen molar-refractivity contribution in [2.24, 2.45) is 0 Å². The summed E-state index contributed by atoms with van der Waals surface area (Å²) in [5, 5.41) is 0. The molecule has 4 heteroatoms. The van der Waals surface area contributed by atoms with Crippen molar-refractivity contribution >= 4 is 0 Å². The van der Waals surface area contributed by atoms with Crippen LogP contribution in [0.5, 0.6) is 0 Å². The van der Waals surface area contributed by atoms with Gasteiger partial charge in [0, 0.05) is 13.1 Å². The van der Waals surface area contributed by atoms with E-state index in [1.165, 1.54) is 34.4 Å². The van der Waals surface area contributed by atoms with Gasteiger partial charge in [-0.15, -0.1) is 0 Å². The van der Waals surface area contributed by atoms with Gasteiger partial charge < -0.3 is 4.90 Å². The number of benzene rings is 4. The number of nitrogens with zero attached hydrogens (tertiary/aromatic N) is 1. The minimum atomic E-state index is -4.31. The summed E-state index contributed by atoms with van der Waals surface area (Å²) in [7, 11) is 2.10. The molecular formula is C29H26F3N. The largest absolute Gasteiger partial charge is 0.416 e. The molecule has 0 aromatic heterocycles. The predicted octanol–water partition coefficient (Wildman–Crippen LogP) is 7.71. The molecule has 0 N–H and O–H groups in total. The van der Waals surface area contributed by atoms with E-state index >= 15 is 0 Å². The zero-order valence-electron chi connectivity index (χ0n) is 18.5. The average molecular weight is 446 g/mol. The van der Waals surface area contributed by atoms with Gasteiger partial charge in [-0.05, 0) is 59.0 Å². The van der Waals surface area contributed by atoms with Gasteiger partial charge in [0.05, 0.1) is 5.56 Å². The second-order valence-corrected chi connectivity index (χ2v) is 8.32. The Morgan fingerprint density at radius 2 is 1.03 bits per heavy atom. The fraction of sp³-hybridized carbons (Fsp3) is 0.172. The van der Waals surface area contributed by atoms with Crippen molar-refractivity contribution in [1.82, 2.24) is 4.90 Å². The summed E-state index contributed by atoms with van der Waals surface area (Å²) < 4.78 is 38.3. The minimum absolute atomic E-state index is 0.626. The van der Waals surface area contributed by atoms with Gasteiger partial charge >= 0.3 is 6.18 Å². The first-order valence-electron chi connectivity index (χ1n) is 11.0. The highest BCUT2D eigenvalue weighted by atomic mass is 19.4. The normalized spacial score (nSPS) is 11.7. The van der Waals surface area contributed by atoms with Gasteiger partial charge in [-0.3, -0.25) is 0 Å². The SMILES string of the molecule is CN(CCc1ccc(-c2ccccc2)cc1)Cc1ccc(-c2ccc(C(F)(F)F)cc2)cc1. The van der Waals surface area contributed by atoms with Crippen LogP contribution in [0.3, 0.4) is 0 Å². The lowest BCUT2D eigenvalue weighted by molar-refractivity contribution is -0.137. The average Bonchev–Trinajstić information content (AvgIpc) is 2.84. The Balaban J connectivity index is 1.30. The molecular weight excluding hydrogens is 419 g/mol. The maximum Gasteiger partial charge on any atom is 0.416 e. The zero-order valence-corrected chi connectivity index (χ0v) is 18.5. The number of hydrogen-bond acceptors (Lipinski definition) is 1. The molecule has 4 aromatic rings. The summed E-state index contributed by atoms with van der Waals surface area (Å²) in [4.78, 5) is 2.28. The molecule has 0 saturated carbocycles. The van der Waals surface area contributed by atoms with E-state index in [2.05, 4.69) is 48.3 Å². The number of halogens is 3. The Morgan fingerprint density at radius 1 is 0.576 bits per heavy atom. The molecule has 4 rings (SSSR count). The molecule has 0 aliphatic carbocycles. The summed E-state index contributed by atoms with van der Waals surface area (Å²) in [5.74, 6) is 0. The quantitative estimate of drug-likeness (QED) is 0.282. The van der Waals surface area contributed by atoms with Gasteiger partial charge in [0.2, 0.25) is 0 Å². The number of likely N-dealkylation sites (N-methyl/N-ethyl adjacent to an activating group) is 1. The second kappa shape index (κ2) is 10.1. The van der Waals surface area contributed by atoms with Crippen LogP contribution in [0, 0.1) is 0 Å².